The SMILES string of the molecule is Cc1nc2c3ccccc3nn2c(C)c1CC(=O)NCCc1cnc[nH]1. The Morgan fingerprint density at radius 3 is 2.92 bits per heavy atom. The summed E-state index contributed by atoms with van der Waals surface area (Å²) >= 11 is 0. The van der Waals surface area contributed by atoms with Crippen LogP contribution in [0.15, 0.2) is 36.8 Å². The minimum Gasteiger partial charge on any atom is -0.355 e. The van der Waals surface area contributed by atoms with Crippen LogP contribution < -0.4 is 5.32 Å². The molecular formula is C19H20N6O. The van der Waals surface area contributed by atoms with E-state index in [9.17, 15) is 4.79 Å². The van der Waals surface area contributed by atoms with Gasteiger partial charge in [-0.3, -0.25) is 4.79 Å². The second-order valence-electron chi connectivity index (χ2n) is 6.37. The van der Waals surface area contributed by atoms with Gasteiger partial charge in [0.2, 0.25) is 5.91 Å². The lowest BCUT2D eigenvalue weighted by atomic mass is 10.1. The van der Waals surface area contributed by atoms with Gasteiger partial charge in [-0.25, -0.2) is 14.5 Å². The van der Waals surface area contributed by atoms with Gasteiger partial charge < -0.3 is 10.3 Å². The molecule has 0 atom stereocenters. The Kier molecular flexibility index (Phi) is 4.12. The molecule has 0 unspecified atom stereocenters. The topological polar surface area (TPSA) is 88.0 Å². The third-order valence-electron chi connectivity index (χ3n) is 4.63. The highest BCUT2D eigenvalue weighted by atomic mass is 16.1. The Bertz CT molecular complexity index is 1080. The summed E-state index contributed by atoms with van der Waals surface area (Å²) in [6, 6.07) is 7.94. The predicted octanol–water partition coefficient (Wildman–Crippen LogP) is 2.12. The number of rotatable bonds is 5. The lowest BCUT2D eigenvalue weighted by Gasteiger charge is -2.11. The van der Waals surface area contributed by atoms with Crippen LogP contribution in [0.2, 0.25) is 0 Å². The third kappa shape index (κ3) is 2.92. The predicted molar refractivity (Wildman–Crippen MR) is 99.0 cm³/mol. The van der Waals surface area contributed by atoms with E-state index in [1.54, 1.807) is 12.5 Å². The van der Waals surface area contributed by atoms with E-state index in [0.29, 0.717) is 13.0 Å². The molecule has 2 N–H and O–H groups in total. The molecule has 7 nitrogen and oxygen atoms in total. The summed E-state index contributed by atoms with van der Waals surface area (Å²) in [5.41, 5.74) is 5.48. The summed E-state index contributed by atoms with van der Waals surface area (Å²) in [6.45, 7) is 4.50. The zero-order valence-corrected chi connectivity index (χ0v) is 14.8. The van der Waals surface area contributed by atoms with E-state index < -0.39 is 0 Å². The molecule has 0 aliphatic rings. The summed E-state index contributed by atoms with van der Waals surface area (Å²) in [7, 11) is 0. The van der Waals surface area contributed by atoms with Gasteiger partial charge in [-0.15, -0.1) is 0 Å². The molecule has 0 fully saturated rings. The number of aromatic amines is 1. The number of benzene rings is 1. The van der Waals surface area contributed by atoms with Gasteiger partial charge in [-0.05, 0) is 26.0 Å². The zero-order chi connectivity index (χ0) is 18.1. The Hall–Kier alpha value is -3.22. The van der Waals surface area contributed by atoms with E-state index in [2.05, 4.69) is 20.4 Å². The number of nitrogens with one attached hydrogen (secondary N) is 2. The first-order valence-electron chi connectivity index (χ1n) is 8.61. The summed E-state index contributed by atoms with van der Waals surface area (Å²) in [6.07, 6.45) is 4.42. The molecule has 7 heteroatoms. The van der Waals surface area contributed by atoms with Gasteiger partial charge in [0, 0.05) is 47.2 Å². The first-order valence-corrected chi connectivity index (χ1v) is 8.61. The van der Waals surface area contributed by atoms with Gasteiger partial charge in [-0.1, -0.05) is 12.1 Å². The Morgan fingerprint density at radius 2 is 2.12 bits per heavy atom. The molecule has 0 bridgehead atoms. The van der Waals surface area contributed by atoms with E-state index in [4.69, 9.17) is 4.98 Å². The number of amides is 1. The normalized spacial score (nSPS) is 11.3. The smallest absolute Gasteiger partial charge is 0.224 e. The van der Waals surface area contributed by atoms with E-state index in [0.717, 1.165) is 45.6 Å². The number of carbonyl (C=O) groups excluding carboxylic acids is 1. The number of hydrogen-bond acceptors (Lipinski definition) is 4. The molecule has 0 radical (unpaired) electrons. The maximum atomic E-state index is 12.4. The van der Waals surface area contributed by atoms with E-state index in [1.807, 2.05) is 42.6 Å². The monoisotopic (exact) mass is 348 g/mol. The highest BCUT2D eigenvalue weighted by molar-refractivity contribution is 5.92. The van der Waals surface area contributed by atoms with Crippen molar-refractivity contribution in [3.63, 3.8) is 0 Å². The highest BCUT2D eigenvalue weighted by Crippen LogP contribution is 2.22. The van der Waals surface area contributed by atoms with Crippen molar-refractivity contribution in [3.05, 3.63) is 59.4 Å². The highest BCUT2D eigenvalue weighted by Gasteiger charge is 2.16. The molecular weight excluding hydrogens is 328 g/mol. The van der Waals surface area contributed by atoms with Crippen LogP contribution in [0, 0.1) is 13.8 Å². The van der Waals surface area contributed by atoms with Gasteiger partial charge in [-0.2, -0.15) is 5.10 Å². The number of imidazole rings is 1. The van der Waals surface area contributed by atoms with Crippen LogP contribution in [-0.2, 0) is 17.6 Å². The molecule has 1 amide bonds. The van der Waals surface area contributed by atoms with E-state index in [1.165, 1.54) is 0 Å². The molecule has 3 aromatic heterocycles. The van der Waals surface area contributed by atoms with Crippen molar-refractivity contribution in [2.45, 2.75) is 26.7 Å². The fourth-order valence-electron chi connectivity index (χ4n) is 3.21. The molecule has 0 aliphatic carbocycles. The van der Waals surface area contributed by atoms with Crippen molar-refractivity contribution in [3.8, 4) is 0 Å². The number of fused-ring (bicyclic) bond motifs is 3. The number of hydrogen-bond donors (Lipinski definition) is 2. The van der Waals surface area contributed by atoms with Crippen LogP contribution in [-0.4, -0.2) is 37.0 Å². The van der Waals surface area contributed by atoms with Crippen LogP contribution in [0.25, 0.3) is 16.6 Å². The maximum Gasteiger partial charge on any atom is 0.224 e. The zero-order valence-electron chi connectivity index (χ0n) is 14.8. The Balaban J connectivity index is 1.56. The average Bonchev–Trinajstić information content (AvgIpc) is 3.27. The van der Waals surface area contributed by atoms with Crippen molar-refractivity contribution in [2.75, 3.05) is 6.54 Å². The Morgan fingerprint density at radius 1 is 1.27 bits per heavy atom. The second kappa shape index (κ2) is 6.59. The molecule has 1 aromatic carbocycles. The summed E-state index contributed by atoms with van der Waals surface area (Å²) in [5.74, 6) is -0.0198. The second-order valence-corrected chi connectivity index (χ2v) is 6.37. The molecule has 132 valence electrons. The van der Waals surface area contributed by atoms with E-state index in [-0.39, 0.29) is 5.91 Å². The molecule has 4 rings (SSSR count). The fraction of sp³-hybridized carbons (Fsp3) is 0.263. The molecule has 0 aliphatic heterocycles. The molecule has 0 spiro atoms. The van der Waals surface area contributed by atoms with Gasteiger partial charge in [0.1, 0.15) is 0 Å². The first kappa shape index (κ1) is 16.3. The van der Waals surface area contributed by atoms with Gasteiger partial charge in [0.05, 0.1) is 18.3 Å². The largest absolute Gasteiger partial charge is 0.355 e. The van der Waals surface area contributed by atoms with Crippen LogP contribution in [0.5, 0.6) is 0 Å². The third-order valence-corrected chi connectivity index (χ3v) is 4.63. The van der Waals surface area contributed by atoms with Crippen LogP contribution >= 0.6 is 0 Å². The van der Waals surface area contributed by atoms with Crippen molar-refractivity contribution >= 4 is 22.5 Å². The number of aromatic nitrogens is 5. The fourth-order valence-corrected chi connectivity index (χ4v) is 3.21. The van der Waals surface area contributed by atoms with Crippen LogP contribution in [0.3, 0.4) is 0 Å². The number of H-pyrrole nitrogens is 1. The summed E-state index contributed by atoms with van der Waals surface area (Å²) < 4.78 is 1.84. The minimum atomic E-state index is -0.0198. The van der Waals surface area contributed by atoms with Crippen molar-refractivity contribution in [1.82, 2.24) is 29.9 Å². The van der Waals surface area contributed by atoms with Crippen molar-refractivity contribution in [1.29, 1.82) is 0 Å². The summed E-state index contributed by atoms with van der Waals surface area (Å²) in [5, 5.41) is 8.61. The maximum absolute atomic E-state index is 12.4. The molecule has 0 saturated carbocycles. The van der Waals surface area contributed by atoms with Crippen LogP contribution in [0.1, 0.15) is 22.6 Å². The van der Waals surface area contributed by atoms with Gasteiger partial charge in [0.25, 0.3) is 0 Å². The quantitative estimate of drug-likeness (QED) is 0.578. The van der Waals surface area contributed by atoms with Gasteiger partial charge >= 0.3 is 0 Å². The number of carbonyl (C=O) groups is 1. The molecule has 3 heterocycles. The lowest BCUT2D eigenvalue weighted by Crippen LogP contribution is -2.28. The van der Waals surface area contributed by atoms with Gasteiger partial charge in [0.15, 0.2) is 5.65 Å². The number of aryl methyl sites for hydroxylation is 2. The Labute approximate surface area is 150 Å². The summed E-state index contributed by atoms with van der Waals surface area (Å²) in [4.78, 5) is 24.1. The van der Waals surface area contributed by atoms with Crippen molar-refractivity contribution in [2.24, 2.45) is 0 Å². The molecule has 26 heavy (non-hydrogen) atoms. The standard InChI is InChI=1S/C19H20N6O/c1-12-16(9-18(26)21-8-7-14-10-20-11-22-14)13(2)25-19(23-12)15-5-3-4-6-17(15)24-25/h3-6,10-11H,7-9H2,1-2H3,(H,20,22)(H,21,26). The minimum absolute atomic E-state index is 0.0198. The van der Waals surface area contributed by atoms with Crippen molar-refractivity contribution < 1.29 is 4.79 Å². The first-order chi connectivity index (χ1) is 12.6. The molecule has 4 aromatic rings. The number of nitrogens with zero attached hydrogens (tertiary/aromatic N) is 4. The van der Waals surface area contributed by atoms with E-state index >= 15 is 0 Å². The average molecular weight is 348 g/mol. The molecule has 0 saturated heterocycles. The van der Waals surface area contributed by atoms with Crippen LogP contribution in [0.4, 0.5) is 0 Å². The lowest BCUT2D eigenvalue weighted by molar-refractivity contribution is -0.120.